The number of nitrogens with zero attached hydrogens (tertiary/aromatic N) is 2. The van der Waals surface area contributed by atoms with Crippen LogP contribution in [0.25, 0.3) is 0 Å². The number of aromatic nitrogens is 1. The third-order valence-corrected chi connectivity index (χ3v) is 5.63. The first-order chi connectivity index (χ1) is 9.65. The molecule has 0 saturated carbocycles. The number of fused-ring (bicyclic) bond motifs is 1. The molecule has 1 amide bonds. The molecule has 0 fully saturated rings. The summed E-state index contributed by atoms with van der Waals surface area (Å²) >= 11 is 2.87. The zero-order valence-corrected chi connectivity index (χ0v) is 12.8. The lowest BCUT2D eigenvalue weighted by atomic mass is 10.0. The van der Waals surface area contributed by atoms with Crippen LogP contribution in [0, 0.1) is 5.82 Å². The molecule has 0 spiro atoms. The quantitative estimate of drug-likeness (QED) is 0.870. The molecule has 3 nitrogen and oxygen atoms in total. The third kappa shape index (κ3) is 2.62. The summed E-state index contributed by atoms with van der Waals surface area (Å²) in [6.45, 7) is 0. The third-order valence-electron chi connectivity index (χ3n) is 3.50. The fourth-order valence-corrected chi connectivity index (χ4v) is 4.16. The van der Waals surface area contributed by atoms with Crippen LogP contribution in [-0.2, 0) is 24.1 Å². The summed E-state index contributed by atoms with van der Waals surface area (Å²) in [4.78, 5) is 20.1. The monoisotopic (exact) mass is 310 g/mol. The van der Waals surface area contributed by atoms with Crippen LogP contribution in [0.4, 0.5) is 9.52 Å². The number of aryl methyl sites for hydroxylation is 2. The van der Waals surface area contributed by atoms with E-state index in [1.165, 1.54) is 35.1 Å². The molecule has 2 heterocycles. The number of hydrogen-bond acceptors (Lipinski definition) is 4. The van der Waals surface area contributed by atoms with Gasteiger partial charge in [0, 0.05) is 16.8 Å². The second-order valence-electron chi connectivity index (χ2n) is 4.89. The normalized spacial score (nSPS) is 14.1. The Balaban J connectivity index is 1.75. The van der Waals surface area contributed by atoms with Crippen molar-refractivity contribution in [3.05, 3.63) is 32.7 Å². The van der Waals surface area contributed by atoms with E-state index >= 15 is 0 Å². The first-order valence-electron chi connectivity index (χ1n) is 6.62. The number of amides is 1. The average molecular weight is 310 g/mol. The van der Waals surface area contributed by atoms with Crippen molar-refractivity contribution in [1.29, 1.82) is 0 Å². The van der Waals surface area contributed by atoms with Crippen LogP contribution < -0.4 is 4.90 Å². The number of anilines is 1. The van der Waals surface area contributed by atoms with Crippen molar-refractivity contribution in [2.75, 3.05) is 11.9 Å². The molecule has 0 N–H and O–H groups in total. The Bertz CT molecular complexity index is 611. The van der Waals surface area contributed by atoms with E-state index < -0.39 is 0 Å². The summed E-state index contributed by atoms with van der Waals surface area (Å²) in [5, 5.41) is 2.40. The molecule has 106 valence electrons. The van der Waals surface area contributed by atoms with Crippen LogP contribution in [0.5, 0.6) is 0 Å². The lowest BCUT2D eigenvalue weighted by molar-refractivity contribution is -0.117. The maximum absolute atomic E-state index is 13.4. The number of rotatable bonds is 3. The predicted octanol–water partition coefficient (Wildman–Crippen LogP) is 3.43. The molecular weight excluding hydrogens is 295 g/mol. The number of thiazole rings is 1. The van der Waals surface area contributed by atoms with Gasteiger partial charge in [-0.1, -0.05) is 0 Å². The second-order valence-corrected chi connectivity index (χ2v) is 6.96. The van der Waals surface area contributed by atoms with Gasteiger partial charge < -0.3 is 0 Å². The van der Waals surface area contributed by atoms with E-state index in [1.807, 2.05) is 0 Å². The molecule has 3 rings (SSSR count). The summed E-state index contributed by atoms with van der Waals surface area (Å²) in [6.07, 6.45) is 4.55. The van der Waals surface area contributed by atoms with Gasteiger partial charge in [-0.2, -0.15) is 0 Å². The molecule has 20 heavy (non-hydrogen) atoms. The fraction of sp³-hybridized carbons (Fsp3) is 0.429. The molecular formula is C14H15FN2OS2. The van der Waals surface area contributed by atoms with Crippen LogP contribution in [0.2, 0.25) is 0 Å². The molecule has 0 bridgehead atoms. The number of thiophene rings is 1. The number of halogens is 1. The minimum Gasteiger partial charge on any atom is -0.291 e. The van der Waals surface area contributed by atoms with E-state index in [4.69, 9.17) is 0 Å². The smallest absolute Gasteiger partial charge is 0.233 e. The van der Waals surface area contributed by atoms with Gasteiger partial charge in [-0.15, -0.1) is 22.7 Å². The Labute approximate surface area is 125 Å². The molecule has 0 unspecified atom stereocenters. The van der Waals surface area contributed by atoms with Crippen molar-refractivity contribution in [1.82, 2.24) is 4.98 Å². The SMILES string of the molecule is CN(C(=O)Cc1sccc1F)c1nc2c(s1)CCCC2. The van der Waals surface area contributed by atoms with E-state index in [1.54, 1.807) is 28.7 Å². The number of likely N-dealkylation sites (N-methyl/N-ethyl adjacent to an activating group) is 1. The molecule has 0 aromatic carbocycles. The Morgan fingerprint density at radius 3 is 2.95 bits per heavy atom. The van der Waals surface area contributed by atoms with Gasteiger partial charge >= 0.3 is 0 Å². The molecule has 2 aromatic heterocycles. The van der Waals surface area contributed by atoms with Crippen molar-refractivity contribution in [2.45, 2.75) is 32.1 Å². The van der Waals surface area contributed by atoms with Gasteiger partial charge in [0.05, 0.1) is 12.1 Å². The minimum atomic E-state index is -0.296. The number of carbonyl (C=O) groups excluding carboxylic acids is 1. The highest BCUT2D eigenvalue weighted by molar-refractivity contribution is 7.16. The second kappa shape index (κ2) is 5.61. The molecule has 2 aromatic rings. The van der Waals surface area contributed by atoms with Gasteiger partial charge in [-0.05, 0) is 37.1 Å². The Morgan fingerprint density at radius 1 is 1.45 bits per heavy atom. The van der Waals surface area contributed by atoms with Crippen LogP contribution in [0.15, 0.2) is 11.4 Å². The van der Waals surface area contributed by atoms with E-state index in [9.17, 15) is 9.18 Å². The fourth-order valence-electron chi connectivity index (χ4n) is 2.30. The molecule has 1 aliphatic carbocycles. The topological polar surface area (TPSA) is 33.2 Å². The van der Waals surface area contributed by atoms with Crippen molar-refractivity contribution < 1.29 is 9.18 Å². The predicted molar refractivity (Wildman–Crippen MR) is 80.1 cm³/mol. The summed E-state index contributed by atoms with van der Waals surface area (Å²) in [7, 11) is 1.72. The van der Waals surface area contributed by atoms with Crippen LogP contribution in [0.1, 0.15) is 28.3 Å². The summed E-state index contributed by atoms with van der Waals surface area (Å²) in [6, 6.07) is 1.40. The van der Waals surface area contributed by atoms with Crippen molar-refractivity contribution in [2.24, 2.45) is 0 Å². The lowest BCUT2D eigenvalue weighted by Crippen LogP contribution is -2.27. The zero-order valence-electron chi connectivity index (χ0n) is 11.2. The largest absolute Gasteiger partial charge is 0.291 e. The standard InChI is InChI=1S/C14H15FN2OS2/c1-17(13(18)8-12-9(15)6-7-19-12)14-16-10-4-2-3-5-11(10)20-14/h6-7H,2-5,8H2,1H3. The molecule has 0 radical (unpaired) electrons. The highest BCUT2D eigenvalue weighted by Crippen LogP contribution is 2.31. The molecule has 0 aliphatic heterocycles. The van der Waals surface area contributed by atoms with E-state index in [0.717, 1.165) is 23.7 Å². The number of hydrogen-bond donors (Lipinski definition) is 0. The molecule has 0 atom stereocenters. The minimum absolute atomic E-state index is 0.101. The zero-order chi connectivity index (χ0) is 14.1. The molecule has 6 heteroatoms. The van der Waals surface area contributed by atoms with Gasteiger partial charge in [-0.25, -0.2) is 9.37 Å². The highest BCUT2D eigenvalue weighted by atomic mass is 32.1. The van der Waals surface area contributed by atoms with Gasteiger partial charge in [0.15, 0.2) is 5.13 Å². The van der Waals surface area contributed by atoms with E-state index in [2.05, 4.69) is 4.98 Å². The maximum Gasteiger partial charge on any atom is 0.233 e. The molecule has 1 aliphatic rings. The van der Waals surface area contributed by atoms with Crippen LogP contribution in [-0.4, -0.2) is 17.9 Å². The summed E-state index contributed by atoms with van der Waals surface area (Å²) in [5.41, 5.74) is 1.14. The maximum atomic E-state index is 13.4. The first kappa shape index (κ1) is 13.7. The van der Waals surface area contributed by atoms with Crippen molar-refractivity contribution in [3.63, 3.8) is 0 Å². The number of carbonyl (C=O) groups is 1. The summed E-state index contributed by atoms with van der Waals surface area (Å²) < 4.78 is 13.4. The highest BCUT2D eigenvalue weighted by Gasteiger charge is 2.21. The van der Waals surface area contributed by atoms with Crippen molar-refractivity contribution in [3.8, 4) is 0 Å². The Morgan fingerprint density at radius 2 is 2.25 bits per heavy atom. The van der Waals surface area contributed by atoms with E-state index in [0.29, 0.717) is 4.88 Å². The van der Waals surface area contributed by atoms with Gasteiger partial charge in [0.25, 0.3) is 0 Å². The molecule has 0 saturated heterocycles. The Hall–Kier alpha value is -1.27. The van der Waals surface area contributed by atoms with E-state index in [-0.39, 0.29) is 18.1 Å². The van der Waals surface area contributed by atoms with Gasteiger partial charge in [-0.3, -0.25) is 9.69 Å². The first-order valence-corrected chi connectivity index (χ1v) is 8.32. The van der Waals surface area contributed by atoms with Gasteiger partial charge in [0.2, 0.25) is 5.91 Å². The van der Waals surface area contributed by atoms with Crippen molar-refractivity contribution >= 4 is 33.7 Å². The lowest BCUT2D eigenvalue weighted by Gasteiger charge is -2.13. The van der Waals surface area contributed by atoms with Crippen LogP contribution >= 0.6 is 22.7 Å². The Kier molecular flexibility index (Phi) is 3.85. The summed E-state index contributed by atoms with van der Waals surface area (Å²) in [5.74, 6) is -0.410. The van der Waals surface area contributed by atoms with Gasteiger partial charge in [0.1, 0.15) is 5.82 Å². The average Bonchev–Trinajstić information content (AvgIpc) is 3.04. The van der Waals surface area contributed by atoms with Crippen LogP contribution in [0.3, 0.4) is 0 Å².